The monoisotopic (exact) mass is 338 g/mol. The molecule has 20 heavy (non-hydrogen) atoms. The number of carboxylic acids is 1. The zero-order valence-corrected chi connectivity index (χ0v) is 13.0. The molecule has 0 saturated heterocycles. The first-order valence-corrected chi connectivity index (χ1v) is 6.91. The third-order valence-electron chi connectivity index (χ3n) is 3.11. The van der Waals surface area contributed by atoms with Crippen LogP contribution in [0.3, 0.4) is 0 Å². The van der Waals surface area contributed by atoms with E-state index >= 15 is 0 Å². The molecule has 2 rings (SSSR count). The van der Waals surface area contributed by atoms with E-state index in [4.69, 9.17) is 9.63 Å². The predicted molar refractivity (Wildman–Crippen MR) is 79.1 cm³/mol. The third-order valence-corrected chi connectivity index (χ3v) is 3.77. The Morgan fingerprint density at radius 1 is 1.45 bits per heavy atom. The van der Waals surface area contributed by atoms with E-state index in [9.17, 15) is 4.79 Å². The fourth-order valence-corrected chi connectivity index (χ4v) is 2.67. The topological polar surface area (TPSA) is 75.4 Å². The van der Waals surface area contributed by atoms with Gasteiger partial charge in [-0.25, -0.2) is 4.79 Å². The lowest BCUT2D eigenvalue weighted by molar-refractivity contribution is 0.0697. The minimum atomic E-state index is -0.948. The Morgan fingerprint density at radius 2 is 2.15 bits per heavy atom. The maximum atomic E-state index is 10.9. The Balaban J connectivity index is 2.24. The number of anilines is 1. The predicted octanol–water partition coefficient (Wildman–Crippen LogP) is 3.93. The van der Waals surface area contributed by atoms with Crippen LogP contribution in [0.15, 0.2) is 27.2 Å². The number of aromatic carboxylic acids is 1. The molecule has 1 aromatic carbocycles. The van der Waals surface area contributed by atoms with Crippen LogP contribution >= 0.6 is 15.9 Å². The molecule has 2 aromatic rings. The number of carboxylic acid groups (broad SMARTS) is 1. The average Bonchev–Trinajstić information content (AvgIpc) is 2.71. The van der Waals surface area contributed by atoms with E-state index in [1.54, 1.807) is 18.2 Å². The Hall–Kier alpha value is -1.82. The fourth-order valence-electron chi connectivity index (χ4n) is 2.18. The standard InChI is InChI=1S/C14H15BrN2O3/c1-7(13-8(2)17-20-9(13)3)16-12-5-4-10(14(18)19)6-11(12)15/h4-7,16H,1-3H3,(H,18,19). The number of aryl methyl sites for hydroxylation is 2. The van der Waals surface area contributed by atoms with Crippen LogP contribution in [0.4, 0.5) is 5.69 Å². The van der Waals surface area contributed by atoms with Gasteiger partial charge in [0, 0.05) is 15.7 Å². The van der Waals surface area contributed by atoms with E-state index in [0.717, 1.165) is 22.7 Å². The number of aromatic nitrogens is 1. The van der Waals surface area contributed by atoms with Gasteiger partial charge in [-0.05, 0) is 54.9 Å². The second kappa shape index (κ2) is 5.66. The van der Waals surface area contributed by atoms with E-state index in [1.807, 2.05) is 20.8 Å². The molecule has 106 valence electrons. The van der Waals surface area contributed by atoms with Crippen LogP contribution < -0.4 is 5.32 Å². The minimum Gasteiger partial charge on any atom is -0.478 e. The molecule has 0 bridgehead atoms. The molecule has 1 heterocycles. The number of hydrogen-bond donors (Lipinski definition) is 2. The normalized spacial score (nSPS) is 12.2. The zero-order chi connectivity index (χ0) is 14.9. The molecular weight excluding hydrogens is 324 g/mol. The van der Waals surface area contributed by atoms with Gasteiger partial charge in [0.25, 0.3) is 0 Å². The Kier molecular flexibility index (Phi) is 4.13. The SMILES string of the molecule is Cc1noc(C)c1C(C)Nc1ccc(C(=O)O)cc1Br. The summed E-state index contributed by atoms with van der Waals surface area (Å²) in [5.74, 6) is -0.170. The molecular formula is C14H15BrN2O3. The van der Waals surface area contributed by atoms with Crippen molar-refractivity contribution in [2.75, 3.05) is 5.32 Å². The molecule has 0 radical (unpaired) electrons. The van der Waals surface area contributed by atoms with E-state index in [1.165, 1.54) is 0 Å². The van der Waals surface area contributed by atoms with Crippen molar-refractivity contribution in [3.05, 3.63) is 45.3 Å². The summed E-state index contributed by atoms with van der Waals surface area (Å²) in [5.41, 5.74) is 2.93. The van der Waals surface area contributed by atoms with Crippen molar-refractivity contribution >= 4 is 27.6 Å². The van der Waals surface area contributed by atoms with Crippen molar-refractivity contribution < 1.29 is 14.4 Å². The number of carbonyl (C=O) groups is 1. The molecule has 6 heteroatoms. The van der Waals surface area contributed by atoms with Crippen molar-refractivity contribution in [3.63, 3.8) is 0 Å². The van der Waals surface area contributed by atoms with E-state index < -0.39 is 5.97 Å². The second-order valence-corrected chi connectivity index (χ2v) is 5.46. The van der Waals surface area contributed by atoms with Gasteiger partial charge in [-0.15, -0.1) is 0 Å². The van der Waals surface area contributed by atoms with Crippen LogP contribution in [0.25, 0.3) is 0 Å². The summed E-state index contributed by atoms with van der Waals surface area (Å²) in [6, 6.07) is 4.89. The van der Waals surface area contributed by atoms with Gasteiger partial charge in [-0.3, -0.25) is 0 Å². The quantitative estimate of drug-likeness (QED) is 0.883. The highest BCUT2D eigenvalue weighted by Crippen LogP contribution is 2.29. The molecule has 0 aliphatic carbocycles. The Bertz CT molecular complexity index is 632. The highest BCUT2D eigenvalue weighted by atomic mass is 79.9. The Morgan fingerprint density at radius 3 is 2.65 bits per heavy atom. The van der Waals surface area contributed by atoms with Crippen molar-refractivity contribution in [1.29, 1.82) is 0 Å². The fraction of sp³-hybridized carbons (Fsp3) is 0.286. The van der Waals surface area contributed by atoms with Crippen molar-refractivity contribution in [3.8, 4) is 0 Å². The summed E-state index contributed by atoms with van der Waals surface area (Å²) in [4.78, 5) is 10.9. The summed E-state index contributed by atoms with van der Waals surface area (Å²) in [6.07, 6.45) is 0. The maximum Gasteiger partial charge on any atom is 0.335 e. The summed E-state index contributed by atoms with van der Waals surface area (Å²) < 4.78 is 5.86. The number of hydrogen-bond acceptors (Lipinski definition) is 4. The lowest BCUT2D eigenvalue weighted by atomic mass is 10.1. The summed E-state index contributed by atoms with van der Waals surface area (Å²) >= 11 is 3.38. The smallest absolute Gasteiger partial charge is 0.335 e. The molecule has 0 amide bonds. The summed E-state index contributed by atoms with van der Waals surface area (Å²) in [7, 11) is 0. The number of nitrogens with zero attached hydrogens (tertiary/aromatic N) is 1. The van der Waals surface area contributed by atoms with Crippen molar-refractivity contribution in [2.45, 2.75) is 26.8 Å². The first-order chi connectivity index (χ1) is 9.40. The summed E-state index contributed by atoms with van der Waals surface area (Å²) in [6.45, 7) is 5.77. The van der Waals surface area contributed by atoms with Crippen LogP contribution in [0.2, 0.25) is 0 Å². The third kappa shape index (κ3) is 2.85. The maximum absolute atomic E-state index is 10.9. The van der Waals surface area contributed by atoms with Gasteiger partial charge in [0.05, 0.1) is 17.3 Å². The largest absolute Gasteiger partial charge is 0.478 e. The number of halogens is 1. The molecule has 0 aliphatic heterocycles. The molecule has 0 spiro atoms. The molecule has 2 N–H and O–H groups in total. The zero-order valence-electron chi connectivity index (χ0n) is 11.4. The number of benzene rings is 1. The van der Waals surface area contributed by atoms with Gasteiger partial charge in [-0.1, -0.05) is 5.16 Å². The van der Waals surface area contributed by atoms with Crippen LogP contribution in [-0.2, 0) is 0 Å². The average molecular weight is 339 g/mol. The van der Waals surface area contributed by atoms with Gasteiger partial charge >= 0.3 is 5.97 Å². The van der Waals surface area contributed by atoms with Crippen LogP contribution in [0, 0.1) is 13.8 Å². The molecule has 0 aliphatic rings. The molecule has 1 aromatic heterocycles. The highest BCUT2D eigenvalue weighted by Gasteiger charge is 2.17. The van der Waals surface area contributed by atoms with E-state index in [-0.39, 0.29) is 11.6 Å². The van der Waals surface area contributed by atoms with Gasteiger partial charge in [0.1, 0.15) is 5.76 Å². The minimum absolute atomic E-state index is 0.00762. The Labute approximate surface area is 125 Å². The van der Waals surface area contributed by atoms with Crippen LogP contribution in [0.5, 0.6) is 0 Å². The van der Waals surface area contributed by atoms with Crippen LogP contribution in [-0.4, -0.2) is 16.2 Å². The molecule has 0 fully saturated rings. The lowest BCUT2D eigenvalue weighted by Gasteiger charge is -2.16. The first-order valence-electron chi connectivity index (χ1n) is 6.12. The lowest BCUT2D eigenvalue weighted by Crippen LogP contribution is -2.09. The molecule has 5 nitrogen and oxygen atoms in total. The molecule has 1 unspecified atom stereocenters. The molecule has 0 saturated carbocycles. The summed E-state index contributed by atoms with van der Waals surface area (Å²) in [5, 5.41) is 16.2. The van der Waals surface area contributed by atoms with Crippen molar-refractivity contribution in [1.82, 2.24) is 5.16 Å². The number of rotatable bonds is 4. The first kappa shape index (κ1) is 14.6. The van der Waals surface area contributed by atoms with Gasteiger partial charge < -0.3 is 14.9 Å². The van der Waals surface area contributed by atoms with Gasteiger partial charge in [0.15, 0.2) is 0 Å². The van der Waals surface area contributed by atoms with E-state index in [2.05, 4.69) is 26.4 Å². The van der Waals surface area contributed by atoms with Gasteiger partial charge in [0.2, 0.25) is 0 Å². The number of nitrogens with one attached hydrogen (secondary N) is 1. The van der Waals surface area contributed by atoms with Gasteiger partial charge in [-0.2, -0.15) is 0 Å². The van der Waals surface area contributed by atoms with Crippen LogP contribution in [0.1, 0.15) is 40.3 Å². The van der Waals surface area contributed by atoms with Crippen molar-refractivity contribution in [2.24, 2.45) is 0 Å². The highest BCUT2D eigenvalue weighted by molar-refractivity contribution is 9.10. The second-order valence-electron chi connectivity index (χ2n) is 4.60. The molecule has 1 atom stereocenters. The van der Waals surface area contributed by atoms with E-state index in [0.29, 0.717) is 4.47 Å².